The van der Waals surface area contributed by atoms with E-state index in [1.807, 2.05) is 0 Å². The average Bonchev–Trinajstić information content (AvgIpc) is 2.26. The molecular weight excluding hydrogens is 192 g/mol. The molecule has 1 aromatic rings. The lowest BCUT2D eigenvalue weighted by atomic mass is 10.0. The molecule has 1 atom stereocenters. The molecule has 0 aromatic heterocycles. The SMILES string of the molecule is CCCC(NN)c1ccc(SC)cc1. The van der Waals surface area contributed by atoms with Gasteiger partial charge < -0.3 is 0 Å². The van der Waals surface area contributed by atoms with Crippen molar-refractivity contribution in [1.82, 2.24) is 5.43 Å². The molecule has 0 bridgehead atoms. The van der Waals surface area contributed by atoms with Crippen LogP contribution in [0.15, 0.2) is 29.2 Å². The maximum absolute atomic E-state index is 5.51. The van der Waals surface area contributed by atoms with Crippen molar-refractivity contribution in [2.24, 2.45) is 5.84 Å². The van der Waals surface area contributed by atoms with Crippen molar-refractivity contribution in [1.29, 1.82) is 0 Å². The average molecular weight is 210 g/mol. The first-order valence-corrected chi connectivity index (χ1v) is 6.14. The highest BCUT2D eigenvalue weighted by Crippen LogP contribution is 2.21. The van der Waals surface area contributed by atoms with E-state index in [0.29, 0.717) is 0 Å². The quantitative estimate of drug-likeness (QED) is 0.446. The van der Waals surface area contributed by atoms with Gasteiger partial charge in [-0.1, -0.05) is 25.5 Å². The van der Waals surface area contributed by atoms with E-state index in [1.54, 1.807) is 11.8 Å². The third-order valence-electron chi connectivity index (χ3n) is 2.30. The number of nitrogens with two attached hydrogens (primary N) is 1. The number of rotatable bonds is 5. The van der Waals surface area contributed by atoms with Gasteiger partial charge in [-0.3, -0.25) is 11.3 Å². The number of hydrogen-bond donors (Lipinski definition) is 2. The number of hydrazine groups is 1. The zero-order valence-electron chi connectivity index (χ0n) is 8.79. The van der Waals surface area contributed by atoms with Crippen LogP contribution in [0.1, 0.15) is 31.4 Å². The van der Waals surface area contributed by atoms with Crippen LogP contribution in [0.25, 0.3) is 0 Å². The monoisotopic (exact) mass is 210 g/mol. The van der Waals surface area contributed by atoms with Crippen LogP contribution < -0.4 is 11.3 Å². The van der Waals surface area contributed by atoms with Crippen molar-refractivity contribution in [3.05, 3.63) is 29.8 Å². The molecule has 1 unspecified atom stereocenters. The fourth-order valence-electron chi connectivity index (χ4n) is 1.47. The summed E-state index contributed by atoms with van der Waals surface area (Å²) in [5.41, 5.74) is 4.12. The second-order valence-electron chi connectivity index (χ2n) is 3.28. The fourth-order valence-corrected chi connectivity index (χ4v) is 1.88. The van der Waals surface area contributed by atoms with Crippen LogP contribution >= 0.6 is 11.8 Å². The van der Waals surface area contributed by atoms with E-state index in [9.17, 15) is 0 Å². The molecule has 0 aliphatic rings. The van der Waals surface area contributed by atoms with Gasteiger partial charge in [0, 0.05) is 10.9 Å². The van der Waals surface area contributed by atoms with Gasteiger partial charge in [-0.2, -0.15) is 0 Å². The van der Waals surface area contributed by atoms with Gasteiger partial charge in [0.15, 0.2) is 0 Å². The minimum atomic E-state index is 0.288. The smallest absolute Gasteiger partial charge is 0.0459 e. The molecule has 0 aliphatic heterocycles. The van der Waals surface area contributed by atoms with Gasteiger partial charge in [0.1, 0.15) is 0 Å². The lowest BCUT2D eigenvalue weighted by Gasteiger charge is -2.15. The lowest BCUT2D eigenvalue weighted by molar-refractivity contribution is 0.510. The van der Waals surface area contributed by atoms with Crippen molar-refractivity contribution < 1.29 is 0 Å². The zero-order valence-corrected chi connectivity index (χ0v) is 9.60. The van der Waals surface area contributed by atoms with Gasteiger partial charge in [0.2, 0.25) is 0 Å². The molecular formula is C11H18N2S. The van der Waals surface area contributed by atoms with Gasteiger partial charge in [-0.25, -0.2) is 0 Å². The molecule has 3 N–H and O–H groups in total. The summed E-state index contributed by atoms with van der Waals surface area (Å²) >= 11 is 1.76. The Kier molecular flexibility index (Phi) is 5.01. The Bertz CT molecular complexity index is 258. The summed E-state index contributed by atoms with van der Waals surface area (Å²) in [6.45, 7) is 2.17. The van der Waals surface area contributed by atoms with E-state index < -0.39 is 0 Å². The molecule has 0 amide bonds. The van der Waals surface area contributed by atoms with E-state index in [0.717, 1.165) is 12.8 Å². The third kappa shape index (κ3) is 3.01. The maximum atomic E-state index is 5.51. The van der Waals surface area contributed by atoms with Gasteiger partial charge in [-0.05, 0) is 30.4 Å². The van der Waals surface area contributed by atoms with Crippen LogP contribution in [0.2, 0.25) is 0 Å². The Balaban J connectivity index is 2.73. The molecule has 0 saturated carbocycles. The zero-order chi connectivity index (χ0) is 10.4. The Morgan fingerprint density at radius 1 is 1.36 bits per heavy atom. The highest BCUT2D eigenvalue weighted by atomic mass is 32.2. The van der Waals surface area contributed by atoms with Crippen LogP contribution in [-0.2, 0) is 0 Å². The van der Waals surface area contributed by atoms with Crippen LogP contribution in [0.5, 0.6) is 0 Å². The third-order valence-corrected chi connectivity index (χ3v) is 3.04. The summed E-state index contributed by atoms with van der Waals surface area (Å²) in [6.07, 6.45) is 4.30. The molecule has 0 fully saturated rings. The first-order valence-electron chi connectivity index (χ1n) is 4.92. The van der Waals surface area contributed by atoms with Crippen LogP contribution in [0.4, 0.5) is 0 Å². The molecule has 0 heterocycles. The highest BCUT2D eigenvalue weighted by Gasteiger charge is 2.07. The van der Waals surface area contributed by atoms with Crippen molar-refractivity contribution in [2.45, 2.75) is 30.7 Å². The van der Waals surface area contributed by atoms with Gasteiger partial charge in [0.25, 0.3) is 0 Å². The molecule has 3 heteroatoms. The van der Waals surface area contributed by atoms with Crippen molar-refractivity contribution >= 4 is 11.8 Å². The number of thioether (sulfide) groups is 1. The Labute approximate surface area is 90.2 Å². The molecule has 0 spiro atoms. The molecule has 1 aromatic carbocycles. The van der Waals surface area contributed by atoms with Crippen molar-refractivity contribution in [2.75, 3.05) is 6.26 Å². The van der Waals surface area contributed by atoms with E-state index in [4.69, 9.17) is 5.84 Å². The van der Waals surface area contributed by atoms with E-state index in [2.05, 4.69) is 42.9 Å². The van der Waals surface area contributed by atoms with Crippen molar-refractivity contribution in [3.8, 4) is 0 Å². The Morgan fingerprint density at radius 3 is 2.43 bits per heavy atom. The van der Waals surface area contributed by atoms with E-state index in [1.165, 1.54) is 10.5 Å². The summed E-state index contributed by atoms with van der Waals surface area (Å²) in [5, 5.41) is 0. The molecule has 14 heavy (non-hydrogen) atoms. The maximum Gasteiger partial charge on any atom is 0.0459 e. The number of nitrogens with one attached hydrogen (secondary N) is 1. The van der Waals surface area contributed by atoms with Gasteiger partial charge in [-0.15, -0.1) is 11.8 Å². The second kappa shape index (κ2) is 6.06. The minimum Gasteiger partial charge on any atom is -0.271 e. The van der Waals surface area contributed by atoms with Gasteiger partial charge >= 0.3 is 0 Å². The highest BCUT2D eigenvalue weighted by molar-refractivity contribution is 7.98. The standard InChI is InChI=1S/C11H18N2S/c1-3-4-11(13-12)9-5-7-10(14-2)8-6-9/h5-8,11,13H,3-4,12H2,1-2H3. The predicted molar refractivity (Wildman–Crippen MR) is 63.2 cm³/mol. The first-order chi connectivity index (χ1) is 6.81. The largest absolute Gasteiger partial charge is 0.271 e. The lowest BCUT2D eigenvalue weighted by Crippen LogP contribution is -2.27. The van der Waals surface area contributed by atoms with Crippen LogP contribution in [-0.4, -0.2) is 6.26 Å². The predicted octanol–water partition coefficient (Wildman–Crippen LogP) is 2.71. The van der Waals surface area contributed by atoms with Crippen molar-refractivity contribution in [3.63, 3.8) is 0 Å². The normalized spacial score (nSPS) is 12.8. The summed E-state index contributed by atoms with van der Waals surface area (Å²) in [5.74, 6) is 5.51. The minimum absolute atomic E-state index is 0.288. The van der Waals surface area contributed by atoms with Crippen LogP contribution in [0, 0.1) is 0 Å². The second-order valence-corrected chi connectivity index (χ2v) is 4.16. The number of benzene rings is 1. The molecule has 2 nitrogen and oxygen atoms in total. The molecule has 78 valence electrons. The molecule has 0 aliphatic carbocycles. The summed E-state index contributed by atoms with van der Waals surface area (Å²) in [6, 6.07) is 8.86. The molecule has 0 radical (unpaired) electrons. The molecule has 0 saturated heterocycles. The van der Waals surface area contributed by atoms with E-state index >= 15 is 0 Å². The Hall–Kier alpha value is -0.510. The summed E-state index contributed by atoms with van der Waals surface area (Å²) in [4.78, 5) is 1.29. The number of hydrogen-bond acceptors (Lipinski definition) is 3. The summed E-state index contributed by atoms with van der Waals surface area (Å²) < 4.78 is 0. The van der Waals surface area contributed by atoms with Crippen LogP contribution in [0.3, 0.4) is 0 Å². The van der Waals surface area contributed by atoms with Gasteiger partial charge in [0.05, 0.1) is 0 Å². The fraction of sp³-hybridized carbons (Fsp3) is 0.455. The molecule has 1 rings (SSSR count). The topological polar surface area (TPSA) is 38.0 Å². The van der Waals surface area contributed by atoms with E-state index in [-0.39, 0.29) is 6.04 Å². The summed E-state index contributed by atoms with van der Waals surface area (Å²) in [7, 11) is 0. The first kappa shape index (κ1) is 11.6. The Morgan fingerprint density at radius 2 is 2.00 bits per heavy atom.